The Bertz CT molecular complexity index is 900. The van der Waals surface area contributed by atoms with Crippen LogP contribution < -0.4 is 0 Å². The van der Waals surface area contributed by atoms with Gasteiger partial charge in [-0.15, -0.1) is 0 Å². The largest absolute Gasteiger partial charge is 0.301 e. The fraction of sp³-hybridized carbons (Fsp3) is 0.692. The summed E-state index contributed by atoms with van der Waals surface area (Å²) in [5, 5.41) is 0. The molecule has 2 heteroatoms. The lowest BCUT2D eigenvalue weighted by molar-refractivity contribution is 0.191. The lowest BCUT2D eigenvalue weighted by Gasteiger charge is -2.29. The van der Waals surface area contributed by atoms with Gasteiger partial charge in [0.15, 0.2) is 0 Å². The van der Waals surface area contributed by atoms with Gasteiger partial charge in [-0.25, -0.2) is 0 Å². The van der Waals surface area contributed by atoms with Crippen molar-refractivity contribution in [3.8, 4) is 11.1 Å². The molecule has 0 heterocycles. The standard InChI is InChI=1S/C39H64N2/c1-7-11-25-40(26-12-8-2)32(5)17-15-19-34-21-23-38-36(29-34)31-37-30-35(22-24-39(37)38)20-16-18-33(6)41(27-13-9-3)28-14-10-4/h21-24,29-30,32-33H,7-20,25-28,31H2,1-6H3. The zero-order chi connectivity index (χ0) is 29.5. The van der Waals surface area contributed by atoms with E-state index in [0.29, 0.717) is 12.1 Å². The van der Waals surface area contributed by atoms with Crippen molar-refractivity contribution >= 4 is 0 Å². The summed E-state index contributed by atoms with van der Waals surface area (Å²) in [4.78, 5) is 5.50. The van der Waals surface area contributed by atoms with Crippen molar-refractivity contribution in [2.75, 3.05) is 26.2 Å². The van der Waals surface area contributed by atoms with Gasteiger partial charge in [0.1, 0.15) is 0 Å². The minimum atomic E-state index is 0.698. The van der Waals surface area contributed by atoms with Gasteiger partial charge in [-0.05, 0) is 144 Å². The minimum absolute atomic E-state index is 0.698. The van der Waals surface area contributed by atoms with Gasteiger partial charge in [-0.1, -0.05) is 89.8 Å². The number of fused-ring (bicyclic) bond motifs is 3. The van der Waals surface area contributed by atoms with Gasteiger partial charge in [0.2, 0.25) is 0 Å². The molecule has 41 heavy (non-hydrogen) atoms. The number of hydrogen-bond acceptors (Lipinski definition) is 2. The van der Waals surface area contributed by atoms with Gasteiger partial charge in [-0.2, -0.15) is 0 Å². The highest BCUT2D eigenvalue weighted by Gasteiger charge is 2.20. The van der Waals surface area contributed by atoms with Crippen molar-refractivity contribution in [1.29, 1.82) is 0 Å². The normalized spacial score (nSPS) is 14.0. The van der Waals surface area contributed by atoms with Gasteiger partial charge in [0.25, 0.3) is 0 Å². The average Bonchev–Trinajstić information content (AvgIpc) is 3.34. The molecule has 2 nitrogen and oxygen atoms in total. The molecular formula is C39H64N2. The Morgan fingerprint density at radius 3 is 1.24 bits per heavy atom. The summed E-state index contributed by atoms with van der Waals surface area (Å²) in [5.74, 6) is 0. The summed E-state index contributed by atoms with van der Waals surface area (Å²) < 4.78 is 0. The van der Waals surface area contributed by atoms with E-state index < -0.39 is 0 Å². The van der Waals surface area contributed by atoms with E-state index >= 15 is 0 Å². The number of aryl methyl sites for hydroxylation is 2. The Balaban J connectivity index is 1.49. The second-order valence-corrected chi connectivity index (χ2v) is 13.1. The third kappa shape index (κ3) is 10.9. The Morgan fingerprint density at radius 2 is 0.902 bits per heavy atom. The van der Waals surface area contributed by atoms with Crippen LogP contribution in [0.2, 0.25) is 0 Å². The Hall–Kier alpha value is -1.64. The molecule has 1 aliphatic carbocycles. The van der Waals surface area contributed by atoms with Crippen LogP contribution in [0.4, 0.5) is 0 Å². The average molecular weight is 561 g/mol. The summed E-state index contributed by atoms with van der Waals surface area (Å²) in [6.07, 6.45) is 19.2. The van der Waals surface area contributed by atoms with Gasteiger partial charge < -0.3 is 9.80 Å². The molecule has 0 amide bonds. The number of unbranched alkanes of at least 4 members (excludes halogenated alkanes) is 4. The van der Waals surface area contributed by atoms with Crippen LogP contribution in [0, 0.1) is 0 Å². The third-order valence-corrected chi connectivity index (χ3v) is 9.63. The van der Waals surface area contributed by atoms with E-state index in [1.165, 1.54) is 138 Å². The summed E-state index contributed by atoms with van der Waals surface area (Å²) in [6, 6.07) is 16.1. The predicted molar refractivity (Wildman–Crippen MR) is 182 cm³/mol. The van der Waals surface area contributed by atoms with E-state index in [4.69, 9.17) is 0 Å². The molecule has 0 spiro atoms. The molecule has 2 unspecified atom stereocenters. The van der Waals surface area contributed by atoms with Crippen molar-refractivity contribution < 1.29 is 0 Å². The highest BCUT2D eigenvalue weighted by atomic mass is 15.1. The molecule has 3 rings (SSSR count). The molecule has 0 fully saturated rings. The highest BCUT2D eigenvalue weighted by Crippen LogP contribution is 2.38. The number of nitrogens with zero attached hydrogens (tertiary/aromatic N) is 2. The van der Waals surface area contributed by atoms with E-state index in [0.717, 1.165) is 6.42 Å². The molecule has 0 saturated heterocycles. The van der Waals surface area contributed by atoms with Crippen LogP contribution in [0.5, 0.6) is 0 Å². The van der Waals surface area contributed by atoms with Gasteiger partial charge in [-0.3, -0.25) is 0 Å². The van der Waals surface area contributed by atoms with Crippen molar-refractivity contribution in [2.24, 2.45) is 0 Å². The number of hydrogen-bond donors (Lipinski definition) is 0. The van der Waals surface area contributed by atoms with Crippen LogP contribution in [0.15, 0.2) is 36.4 Å². The molecule has 2 atom stereocenters. The van der Waals surface area contributed by atoms with E-state index in [2.05, 4.69) is 87.7 Å². The van der Waals surface area contributed by atoms with Crippen LogP contribution in [-0.4, -0.2) is 48.1 Å². The molecule has 2 aromatic carbocycles. The maximum Gasteiger partial charge on any atom is 0.00670 e. The molecule has 0 radical (unpaired) electrons. The minimum Gasteiger partial charge on any atom is -0.301 e. The zero-order valence-electron chi connectivity index (χ0n) is 27.9. The second kappa shape index (κ2) is 18.8. The van der Waals surface area contributed by atoms with Crippen molar-refractivity contribution in [1.82, 2.24) is 9.80 Å². The third-order valence-electron chi connectivity index (χ3n) is 9.63. The summed E-state index contributed by atoms with van der Waals surface area (Å²) in [6.45, 7) is 19.2. The quantitative estimate of drug-likeness (QED) is 0.121. The van der Waals surface area contributed by atoms with Gasteiger partial charge >= 0.3 is 0 Å². The molecule has 0 N–H and O–H groups in total. The Morgan fingerprint density at radius 1 is 0.537 bits per heavy atom. The fourth-order valence-corrected chi connectivity index (χ4v) is 6.75. The first-order chi connectivity index (χ1) is 20.0. The van der Waals surface area contributed by atoms with Crippen molar-refractivity contribution in [3.05, 3.63) is 58.7 Å². The number of benzene rings is 2. The van der Waals surface area contributed by atoms with Crippen LogP contribution in [0.25, 0.3) is 11.1 Å². The van der Waals surface area contributed by atoms with E-state index in [9.17, 15) is 0 Å². The maximum absolute atomic E-state index is 2.75. The molecule has 0 aromatic heterocycles. The van der Waals surface area contributed by atoms with Crippen LogP contribution in [-0.2, 0) is 19.3 Å². The monoisotopic (exact) mass is 561 g/mol. The summed E-state index contributed by atoms with van der Waals surface area (Å²) in [7, 11) is 0. The van der Waals surface area contributed by atoms with E-state index in [1.807, 2.05) is 0 Å². The van der Waals surface area contributed by atoms with Gasteiger partial charge in [0, 0.05) is 12.1 Å². The summed E-state index contributed by atoms with van der Waals surface area (Å²) >= 11 is 0. The maximum atomic E-state index is 2.75. The molecule has 0 saturated carbocycles. The first-order valence-corrected chi connectivity index (χ1v) is 17.7. The SMILES string of the molecule is CCCCN(CCCC)C(C)CCCc1ccc2c(c1)Cc1cc(CCCC(C)N(CCCC)CCCC)ccc1-2. The van der Waals surface area contributed by atoms with Crippen molar-refractivity contribution in [3.63, 3.8) is 0 Å². The number of rotatable bonds is 22. The molecular weight excluding hydrogens is 496 g/mol. The van der Waals surface area contributed by atoms with Gasteiger partial charge in [0.05, 0.1) is 0 Å². The van der Waals surface area contributed by atoms with E-state index in [-0.39, 0.29) is 0 Å². The van der Waals surface area contributed by atoms with Crippen LogP contribution in [0.3, 0.4) is 0 Å². The first kappa shape index (κ1) is 33.9. The van der Waals surface area contributed by atoms with Crippen LogP contribution in [0.1, 0.15) is 141 Å². The molecule has 1 aliphatic rings. The zero-order valence-corrected chi connectivity index (χ0v) is 27.9. The second-order valence-electron chi connectivity index (χ2n) is 13.1. The fourth-order valence-electron chi connectivity index (χ4n) is 6.75. The first-order valence-electron chi connectivity index (χ1n) is 17.7. The Labute approximate surface area is 255 Å². The van der Waals surface area contributed by atoms with Crippen molar-refractivity contribution in [2.45, 2.75) is 150 Å². The molecule has 0 bridgehead atoms. The predicted octanol–water partition coefficient (Wildman–Crippen LogP) is 10.5. The van der Waals surface area contributed by atoms with E-state index in [1.54, 1.807) is 11.1 Å². The topological polar surface area (TPSA) is 6.48 Å². The lowest BCUT2D eigenvalue weighted by atomic mass is 9.98. The molecule has 0 aliphatic heterocycles. The summed E-state index contributed by atoms with van der Waals surface area (Å²) in [5.41, 5.74) is 9.11. The van der Waals surface area contributed by atoms with Crippen LogP contribution >= 0.6 is 0 Å². The molecule has 230 valence electrons. The Kier molecular flexibility index (Phi) is 15.5. The lowest BCUT2D eigenvalue weighted by Crippen LogP contribution is -2.34. The molecule has 2 aromatic rings. The highest BCUT2D eigenvalue weighted by molar-refractivity contribution is 5.77. The smallest absolute Gasteiger partial charge is 0.00670 e.